The molecule has 2 amide bonds. The molecule has 2 heterocycles. The van der Waals surface area contributed by atoms with E-state index in [4.69, 9.17) is 28.3 Å². The quantitative estimate of drug-likeness (QED) is 0.656. The first-order chi connectivity index (χ1) is 15.4. The van der Waals surface area contributed by atoms with Crippen molar-refractivity contribution >= 4 is 46.6 Å². The summed E-state index contributed by atoms with van der Waals surface area (Å²) < 4.78 is 0. The van der Waals surface area contributed by atoms with Crippen molar-refractivity contribution in [3.8, 4) is 0 Å². The summed E-state index contributed by atoms with van der Waals surface area (Å²) in [6, 6.07) is 10.3. The second kappa shape index (κ2) is 9.98. The van der Waals surface area contributed by atoms with Gasteiger partial charge in [-0.2, -0.15) is 0 Å². The van der Waals surface area contributed by atoms with E-state index in [1.165, 1.54) is 12.8 Å². The fourth-order valence-corrected chi connectivity index (χ4v) is 4.83. The lowest BCUT2D eigenvalue weighted by Gasteiger charge is -2.36. The summed E-state index contributed by atoms with van der Waals surface area (Å²) in [6.45, 7) is 5.35. The molecule has 2 N–H and O–H groups in total. The lowest BCUT2D eigenvalue weighted by molar-refractivity contribution is 0.0697. The monoisotopic (exact) mass is 476 g/mol. The molecule has 2 aliphatic rings. The third kappa shape index (κ3) is 5.28. The number of carbonyl (C=O) groups is 2. The van der Waals surface area contributed by atoms with Crippen LogP contribution in [0.5, 0.6) is 0 Å². The molecule has 2 aromatic rings. The molecule has 32 heavy (non-hydrogen) atoms. The molecular formula is C23H26Cl2N4O3. The standard InChI is InChI=1S/C23H26Cl2N4O3/c24-19-13-16(15-27-7-1-2-8-27)14-20(25)21(19)26-23(32)29-11-9-28(10-12-29)18-5-3-17(4-6-18)22(30)31/h3-6,13-14H,1-2,7-12,15H2,(H,26,32)(H,30,31). The molecule has 0 spiro atoms. The number of piperazine rings is 1. The van der Waals surface area contributed by atoms with Gasteiger partial charge in [-0.3, -0.25) is 4.90 Å². The molecule has 0 atom stereocenters. The van der Waals surface area contributed by atoms with E-state index in [1.54, 1.807) is 29.2 Å². The van der Waals surface area contributed by atoms with Crippen LogP contribution in [-0.4, -0.2) is 66.2 Å². The van der Waals surface area contributed by atoms with E-state index >= 15 is 0 Å². The number of carbonyl (C=O) groups excluding carboxylic acids is 1. The Morgan fingerprint density at radius 1 is 0.906 bits per heavy atom. The van der Waals surface area contributed by atoms with Gasteiger partial charge in [-0.1, -0.05) is 23.2 Å². The highest BCUT2D eigenvalue weighted by Gasteiger charge is 2.23. The molecule has 2 aliphatic heterocycles. The van der Waals surface area contributed by atoms with E-state index in [0.717, 1.165) is 30.9 Å². The van der Waals surface area contributed by atoms with Crippen molar-refractivity contribution in [3.63, 3.8) is 0 Å². The minimum Gasteiger partial charge on any atom is -0.478 e. The van der Waals surface area contributed by atoms with E-state index in [9.17, 15) is 9.59 Å². The summed E-state index contributed by atoms with van der Waals surface area (Å²) in [6.07, 6.45) is 2.44. The maximum absolute atomic E-state index is 12.8. The second-order valence-corrected chi connectivity index (χ2v) is 8.99. The van der Waals surface area contributed by atoms with Crippen molar-refractivity contribution in [1.29, 1.82) is 0 Å². The molecule has 7 nitrogen and oxygen atoms in total. The Kier molecular flexibility index (Phi) is 7.08. The minimum atomic E-state index is -0.945. The van der Waals surface area contributed by atoms with Gasteiger partial charge < -0.3 is 20.2 Å². The molecule has 2 fully saturated rings. The first-order valence-electron chi connectivity index (χ1n) is 10.8. The maximum Gasteiger partial charge on any atom is 0.335 e. The Morgan fingerprint density at radius 3 is 2.06 bits per heavy atom. The van der Waals surface area contributed by atoms with Gasteiger partial charge in [-0.05, 0) is 67.9 Å². The van der Waals surface area contributed by atoms with Crippen LogP contribution in [0.4, 0.5) is 16.2 Å². The summed E-state index contributed by atoms with van der Waals surface area (Å²) >= 11 is 12.9. The lowest BCUT2D eigenvalue weighted by Crippen LogP contribution is -2.50. The topological polar surface area (TPSA) is 76.1 Å². The Balaban J connectivity index is 1.34. The van der Waals surface area contributed by atoms with Gasteiger partial charge in [-0.25, -0.2) is 9.59 Å². The first-order valence-corrected chi connectivity index (χ1v) is 11.5. The highest BCUT2D eigenvalue weighted by molar-refractivity contribution is 6.39. The van der Waals surface area contributed by atoms with Crippen LogP contribution in [0, 0.1) is 0 Å². The van der Waals surface area contributed by atoms with Gasteiger partial charge in [0.2, 0.25) is 0 Å². The summed E-state index contributed by atoms with van der Waals surface area (Å²) in [5, 5.41) is 12.8. The van der Waals surface area contributed by atoms with E-state index < -0.39 is 5.97 Å². The predicted molar refractivity (Wildman–Crippen MR) is 127 cm³/mol. The van der Waals surface area contributed by atoms with Crippen LogP contribution in [-0.2, 0) is 6.54 Å². The summed E-state index contributed by atoms with van der Waals surface area (Å²) in [4.78, 5) is 30.0. The van der Waals surface area contributed by atoms with Crippen LogP contribution in [0.25, 0.3) is 0 Å². The normalized spacial score (nSPS) is 16.9. The largest absolute Gasteiger partial charge is 0.478 e. The molecular weight excluding hydrogens is 451 g/mol. The maximum atomic E-state index is 12.8. The van der Waals surface area contributed by atoms with E-state index in [0.29, 0.717) is 41.9 Å². The first kappa shape index (κ1) is 22.7. The van der Waals surface area contributed by atoms with E-state index in [-0.39, 0.29) is 11.6 Å². The Bertz CT molecular complexity index is 962. The number of likely N-dealkylation sites (tertiary alicyclic amines) is 1. The van der Waals surface area contributed by atoms with Crippen LogP contribution in [0.15, 0.2) is 36.4 Å². The molecule has 170 valence electrons. The van der Waals surface area contributed by atoms with Gasteiger partial charge in [0.25, 0.3) is 0 Å². The molecule has 2 aromatic carbocycles. The highest BCUT2D eigenvalue weighted by atomic mass is 35.5. The number of halogens is 2. The SMILES string of the molecule is O=C(O)c1ccc(N2CCN(C(=O)Nc3c(Cl)cc(CN4CCCC4)cc3Cl)CC2)cc1. The molecule has 9 heteroatoms. The fourth-order valence-electron chi connectivity index (χ4n) is 4.20. The van der Waals surface area contributed by atoms with Gasteiger partial charge >= 0.3 is 12.0 Å². The average molecular weight is 477 g/mol. The number of benzene rings is 2. The van der Waals surface area contributed by atoms with Crippen molar-refractivity contribution in [2.24, 2.45) is 0 Å². The number of anilines is 2. The number of aromatic carboxylic acids is 1. The van der Waals surface area contributed by atoms with Gasteiger partial charge in [-0.15, -0.1) is 0 Å². The van der Waals surface area contributed by atoms with Crippen molar-refractivity contribution in [1.82, 2.24) is 9.80 Å². The number of hydrogen-bond acceptors (Lipinski definition) is 4. The van der Waals surface area contributed by atoms with E-state index in [2.05, 4.69) is 15.1 Å². The molecule has 0 saturated carbocycles. The fraction of sp³-hybridized carbons (Fsp3) is 0.391. The summed E-state index contributed by atoms with van der Waals surface area (Å²) in [5.74, 6) is -0.945. The number of nitrogens with zero attached hydrogens (tertiary/aromatic N) is 3. The smallest absolute Gasteiger partial charge is 0.335 e. The second-order valence-electron chi connectivity index (χ2n) is 8.17. The number of carboxylic acid groups (broad SMARTS) is 1. The Hall–Kier alpha value is -2.48. The molecule has 0 aliphatic carbocycles. The molecule has 0 radical (unpaired) electrons. The van der Waals surface area contributed by atoms with Gasteiger partial charge in [0.05, 0.1) is 21.3 Å². The zero-order valence-corrected chi connectivity index (χ0v) is 19.2. The Labute approximate surface area is 197 Å². The van der Waals surface area contributed by atoms with Gasteiger partial charge in [0.1, 0.15) is 0 Å². The van der Waals surface area contributed by atoms with Gasteiger partial charge in [0, 0.05) is 38.4 Å². The van der Waals surface area contributed by atoms with Crippen molar-refractivity contribution in [2.45, 2.75) is 19.4 Å². The third-order valence-electron chi connectivity index (χ3n) is 5.98. The predicted octanol–water partition coefficient (Wildman–Crippen LogP) is 4.64. The molecule has 0 aromatic heterocycles. The molecule has 2 saturated heterocycles. The number of nitrogens with one attached hydrogen (secondary N) is 1. The third-order valence-corrected chi connectivity index (χ3v) is 6.58. The van der Waals surface area contributed by atoms with Crippen molar-refractivity contribution < 1.29 is 14.7 Å². The number of amides is 2. The van der Waals surface area contributed by atoms with Crippen LogP contribution in [0.1, 0.15) is 28.8 Å². The number of urea groups is 1. The van der Waals surface area contributed by atoms with Crippen LogP contribution < -0.4 is 10.2 Å². The lowest BCUT2D eigenvalue weighted by atomic mass is 10.2. The zero-order valence-electron chi connectivity index (χ0n) is 17.7. The molecule has 4 rings (SSSR count). The number of carboxylic acids is 1. The van der Waals surface area contributed by atoms with Crippen molar-refractivity contribution in [2.75, 3.05) is 49.5 Å². The zero-order chi connectivity index (χ0) is 22.7. The number of rotatable bonds is 5. The Morgan fingerprint density at radius 2 is 1.50 bits per heavy atom. The van der Waals surface area contributed by atoms with Crippen LogP contribution in [0.3, 0.4) is 0 Å². The summed E-state index contributed by atoms with van der Waals surface area (Å²) in [7, 11) is 0. The van der Waals surface area contributed by atoms with Crippen LogP contribution >= 0.6 is 23.2 Å². The van der Waals surface area contributed by atoms with E-state index in [1.807, 2.05) is 12.1 Å². The van der Waals surface area contributed by atoms with Gasteiger partial charge in [0.15, 0.2) is 0 Å². The number of hydrogen-bond donors (Lipinski definition) is 2. The van der Waals surface area contributed by atoms with Crippen molar-refractivity contribution in [3.05, 3.63) is 57.6 Å². The highest BCUT2D eigenvalue weighted by Crippen LogP contribution is 2.33. The minimum absolute atomic E-state index is 0.234. The van der Waals surface area contributed by atoms with Crippen LogP contribution in [0.2, 0.25) is 10.0 Å². The average Bonchev–Trinajstić information content (AvgIpc) is 3.29. The molecule has 0 unspecified atom stereocenters. The summed E-state index contributed by atoms with van der Waals surface area (Å²) in [5.41, 5.74) is 2.68. The molecule has 0 bridgehead atoms.